The normalized spacial score (nSPS) is 10.1. The molecule has 0 saturated heterocycles. The van der Waals surface area contributed by atoms with Gasteiger partial charge in [0, 0.05) is 13.0 Å². The Morgan fingerprint density at radius 1 is 1.35 bits per heavy atom. The maximum absolute atomic E-state index is 11.7. The summed E-state index contributed by atoms with van der Waals surface area (Å²) in [5.74, 6) is -0.189. The second kappa shape index (κ2) is 8.96. The highest BCUT2D eigenvalue weighted by atomic mass is 16.5. The summed E-state index contributed by atoms with van der Waals surface area (Å²) in [7, 11) is 0. The van der Waals surface area contributed by atoms with Crippen molar-refractivity contribution < 1.29 is 19.4 Å². The third-order valence-electron chi connectivity index (χ3n) is 2.63. The summed E-state index contributed by atoms with van der Waals surface area (Å²) >= 11 is 0. The molecule has 0 aliphatic carbocycles. The highest BCUT2D eigenvalue weighted by Gasteiger charge is 2.05. The van der Waals surface area contributed by atoms with E-state index < -0.39 is 5.97 Å². The molecule has 20 heavy (non-hydrogen) atoms. The van der Waals surface area contributed by atoms with Gasteiger partial charge in [-0.2, -0.15) is 0 Å². The smallest absolute Gasteiger partial charge is 0.303 e. The summed E-state index contributed by atoms with van der Waals surface area (Å²) in [6.45, 7) is 3.08. The number of benzene rings is 1. The largest absolute Gasteiger partial charge is 0.494 e. The van der Waals surface area contributed by atoms with E-state index in [9.17, 15) is 9.59 Å². The maximum atomic E-state index is 11.7. The van der Waals surface area contributed by atoms with Crippen molar-refractivity contribution in [3.05, 3.63) is 29.8 Å². The molecular weight excluding hydrogens is 258 g/mol. The van der Waals surface area contributed by atoms with Crippen LogP contribution < -0.4 is 10.1 Å². The first-order chi connectivity index (χ1) is 9.61. The second-order valence-corrected chi connectivity index (χ2v) is 4.52. The first-order valence-corrected chi connectivity index (χ1v) is 6.82. The summed E-state index contributed by atoms with van der Waals surface area (Å²) in [5.41, 5.74) is 0.884. The Balaban J connectivity index is 2.35. The number of carboxylic acid groups (broad SMARTS) is 1. The molecule has 0 aliphatic heterocycles. The van der Waals surface area contributed by atoms with Crippen LogP contribution in [-0.4, -0.2) is 30.1 Å². The minimum absolute atomic E-state index is 0.0701. The zero-order valence-electron chi connectivity index (χ0n) is 11.7. The fourth-order valence-electron chi connectivity index (χ4n) is 1.68. The monoisotopic (exact) mass is 279 g/mol. The van der Waals surface area contributed by atoms with E-state index in [0.29, 0.717) is 19.6 Å². The molecule has 1 amide bonds. The average Bonchev–Trinajstić information content (AvgIpc) is 2.41. The Bertz CT molecular complexity index is 445. The number of nitrogens with one attached hydrogen (secondary N) is 1. The third kappa shape index (κ3) is 6.78. The zero-order chi connectivity index (χ0) is 14.8. The van der Waals surface area contributed by atoms with Crippen LogP contribution in [0.4, 0.5) is 0 Å². The summed E-state index contributed by atoms with van der Waals surface area (Å²) < 4.78 is 5.51. The van der Waals surface area contributed by atoms with Gasteiger partial charge in [0.15, 0.2) is 0 Å². The summed E-state index contributed by atoms with van der Waals surface area (Å²) in [6.07, 6.45) is 1.73. The summed E-state index contributed by atoms with van der Waals surface area (Å²) in [4.78, 5) is 22.0. The van der Waals surface area contributed by atoms with Crippen molar-refractivity contribution in [1.29, 1.82) is 0 Å². The van der Waals surface area contributed by atoms with E-state index in [-0.39, 0.29) is 18.7 Å². The first-order valence-electron chi connectivity index (χ1n) is 6.82. The fraction of sp³-hybridized carbons (Fsp3) is 0.467. The number of carboxylic acids is 1. The Kier molecular flexibility index (Phi) is 7.17. The predicted molar refractivity (Wildman–Crippen MR) is 75.8 cm³/mol. The van der Waals surface area contributed by atoms with Crippen molar-refractivity contribution in [1.82, 2.24) is 5.32 Å². The van der Waals surface area contributed by atoms with Gasteiger partial charge in [-0.3, -0.25) is 9.59 Å². The molecule has 0 aliphatic rings. The zero-order valence-corrected chi connectivity index (χ0v) is 11.7. The molecule has 0 atom stereocenters. The van der Waals surface area contributed by atoms with E-state index in [1.807, 2.05) is 31.2 Å². The van der Waals surface area contributed by atoms with Gasteiger partial charge < -0.3 is 15.2 Å². The Morgan fingerprint density at radius 2 is 2.15 bits per heavy atom. The third-order valence-corrected chi connectivity index (χ3v) is 2.63. The second-order valence-electron chi connectivity index (χ2n) is 4.52. The van der Waals surface area contributed by atoms with Crippen LogP contribution in [0.3, 0.4) is 0 Å². The molecule has 5 nitrogen and oxygen atoms in total. The van der Waals surface area contributed by atoms with Gasteiger partial charge in [-0.25, -0.2) is 0 Å². The molecule has 0 spiro atoms. The van der Waals surface area contributed by atoms with Gasteiger partial charge in [-0.15, -0.1) is 0 Å². The number of hydrogen-bond donors (Lipinski definition) is 2. The van der Waals surface area contributed by atoms with E-state index in [1.54, 1.807) is 0 Å². The van der Waals surface area contributed by atoms with Gasteiger partial charge in [0.05, 0.1) is 13.0 Å². The molecular formula is C15H21NO4. The fourth-order valence-corrected chi connectivity index (χ4v) is 1.68. The summed E-state index contributed by atoms with van der Waals surface area (Å²) in [5, 5.41) is 11.2. The minimum Gasteiger partial charge on any atom is -0.494 e. The van der Waals surface area contributed by atoms with Crippen LogP contribution in [0, 0.1) is 0 Å². The van der Waals surface area contributed by atoms with Crippen molar-refractivity contribution >= 4 is 11.9 Å². The van der Waals surface area contributed by atoms with Crippen LogP contribution in [0.15, 0.2) is 24.3 Å². The molecule has 0 heterocycles. The highest BCUT2D eigenvalue weighted by Crippen LogP contribution is 2.14. The van der Waals surface area contributed by atoms with Crippen LogP contribution in [0.25, 0.3) is 0 Å². The molecule has 1 aromatic rings. The van der Waals surface area contributed by atoms with Gasteiger partial charge in [-0.05, 0) is 30.5 Å². The SMILES string of the molecule is CCCOc1cccc(CC(=O)NCCCC(=O)O)c1. The van der Waals surface area contributed by atoms with Gasteiger partial charge >= 0.3 is 5.97 Å². The number of aliphatic carboxylic acids is 1. The number of carbonyl (C=O) groups is 2. The molecule has 110 valence electrons. The molecule has 2 N–H and O–H groups in total. The molecule has 0 bridgehead atoms. The van der Waals surface area contributed by atoms with Crippen molar-refractivity contribution in [2.24, 2.45) is 0 Å². The van der Waals surface area contributed by atoms with E-state index in [2.05, 4.69) is 5.32 Å². The van der Waals surface area contributed by atoms with Crippen LogP contribution >= 0.6 is 0 Å². The molecule has 0 fully saturated rings. The van der Waals surface area contributed by atoms with Gasteiger partial charge in [0.2, 0.25) is 5.91 Å². The number of ether oxygens (including phenoxy) is 1. The topological polar surface area (TPSA) is 75.6 Å². The first kappa shape index (κ1) is 16.0. The maximum Gasteiger partial charge on any atom is 0.303 e. The lowest BCUT2D eigenvalue weighted by Gasteiger charge is -2.07. The van der Waals surface area contributed by atoms with Crippen LogP contribution in [-0.2, 0) is 16.0 Å². The summed E-state index contributed by atoms with van der Waals surface area (Å²) in [6, 6.07) is 7.45. The molecule has 1 rings (SSSR count). The van der Waals surface area contributed by atoms with Crippen molar-refractivity contribution in [2.45, 2.75) is 32.6 Å². The Labute approximate surface area is 118 Å². The van der Waals surface area contributed by atoms with Crippen LogP contribution in [0.2, 0.25) is 0 Å². The molecule has 1 aromatic carbocycles. The lowest BCUT2D eigenvalue weighted by atomic mass is 10.1. The number of carbonyl (C=O) groups excluding carboxylic acids is 1. The van der Waals surface area contributed by atoms with Gasteiger partial charge in [0.1, 0.15) is 5.75 Å². The Hall–Kier alpha value is -2.04. The quantitative estimate of drug-likeness (QED) is 0.678. The van der Waals surface area contributed by atoms with Gasteiger partial charge in [0.25, 0.3) is 0 Å². The van der Waals surface area contributed by atoms with Crippen LogP contribution in [0.1, 0.15) is 31.7 Å². The standard InChI is InChI=1S/C15H21NO4/c1-2-9-20-13-6-3-5-12(10-13)11-14(17)16-8-4-7-15(18)19/h3,5-6,10H,2,4,7-9,11H2,1H3,(H,16,17)(H,18,19). The van der Waals surface area contributed by atoms with E-state index >= 15 is 0 Å². The molecule has 0 aromatic heterocycles. The number of rotatable bonds is 9. The van der Waals surface area contributed by atoms with Crippen molar-refractivity contribution in [3.63, 3.8) is 0 Å². The molecule has 5 heteroatoms. The predicted octanol–water partition coefficient (Wildman–Crippen LogP) is 2.00. The van der Waals surface area contributed by atoms with Gasteiger partial charge in [-0.1, -0.05) is 19.1 Å². The van der Waals surface area contributed by atoms with E-state index in [1.165, 1.54) is 0 Å². The number of amides is 1. The van der Waals surface area contributed by atoms with Crippen molar-refractivity contribution in [2.75, 3.05) is 13.2 Å². The highest BCUT2D eigenvalue weighted by molar-refractivity contribution is 5.78. The van der Waals surface area contributed by atoms with E-state index in [0.717, 1.165) is 17.7 Å². The van der Waals surface area contributed by atoms with Crippen LogP contribution in [0.5, 0.6) is 5.75 Å². The minimum atomic E-state index is -0.847. The lowest BCUT2D eigenvalue weighted by molar-refractivity contribution is -0.137. The van der Waals surface area contributed by atoms with E-state index in [4.69, 9.17) is 9.84 Å². The lowest BCUT2D eigenvalue weighted by Crippen LogP contribution is -2.26. The molecule has 0 saturated carbocycles. The van der Waals surface area contributed by atoms with Crippen molar-refractivity contribution in [3.8, 4) is 5.75 Å². The number of hydrogen-bond acceptors (Lipinski definition) is 3. The molecule has 0 radical (unpaired) electrons. The Morgan fingerprint density at radius 3 is 2.85 bits per heavy atom. The average molecular weight is 279 g/mol. The molecule has 0 unspecified atom stereocenters.